The largest absolute Gasteiger partial charge is 0.478 e. The van der Waals surface area contributed by atoms with Crippen molar-refractivity contribution in [2.45, 2.75) is 6.04 Å². The van der Waals surface area contributed by atoms with Crippen molar-refractivity contribution in [3.8, 4) is 0 Å². The standard InChI is InChI=1S/C13H16FN3O4/c1-16-12(18)11-6-21-3-2-17(11)10-5-8(14)7(13(19)20)4-9(10)15/h4-5,11H,2-3,6,15H2,1H3,(H,16,18)(H,19,20). The fraction of sp³-hybridized carbons (Fsp3) is 0.385. The maximum atomic E-state index is 13.9. The van der Waals surface area contributed by atoms with Crippen LogP contribution in [0.15, 0.2) is 12.1 Å². The molecule has 0 saturated carbocycles. The number of ether oxygens (including phenoxy) is 1. The number of nitrogen functional groups attached to an aromatic ring is 1. The van der Waals surface area contributed by atoms with Crippen LogP contribution in [0, 0.1) is 5.82 Å². The first-order valence-corrected chi connectivity index (χ1v) is 6.34. The number of nitrogens with two attached hydrogens (primary N) is 1. The quantitative estimate of drug-likeness (QED) is 0.681. The van der Waals surface area contributed by atoms with Crippen molar-refractivity contribution in [1.82, 2.24) is 5.32 Å². The number of carboxylic acids is 1. The van der Waals surface area contributed by atoms with Crippen LogP contribution in [0.25, 0.3) is 0 Å². The summed E-state index contributed by atoms with van der Waals surface area (Å²) in [7, 11) is 1.49. The van der Waals surface area contributed by atoms with Gasteiger partial charge in [0.2, 0.25) is 5.91 Å². The molecule has 1 aliphatic heterocycles. The van der Waals surface area contributed by atoms with Crippen LogP contribution < -0.4 is 16.0 Å². The molecule has 0 bridgehead atoms. The lowest BCUT2D eigenvalue weighted by Gasteiger charge is -2.36. The van der Waals surface area contributed by atoms with Crippen molar-refractivity contribution in [3.63, 3.8) is 0 Å². The maximum absolute atomic E-state index is 13.9. The number of benzene rings is 1. The third kappa shape index (κ3) is 2.89. The van der Waals surface area contributed by atoms with Gasteiger partial charge in [-0.05, 0) is 6.07 Å². The number of carbonyl (C=O) groups is 2. The lowest BCUT2D eigenvalue weighted by atomic mass is 10.1. The summed E-state index contributed by atoms with van der Waals surface area (Å²) in [6.45, 7) is 0.880. The summed E-state index contributed by atoms with van der Waals surface area (Å²) in [5.74, 6) is -2.57. The zero-order valence-corrected chi connectivity index (χ0v) is 11.4. The highest BCUT2D eigenvalue weighted by molar-refractivity contribution is 5.92. The lowest BCUT2D eigenvalue weighted by molar-refractivity contribution is -0.124. The van der Waals surface area contributed by atoms with Crippen LogP contribution in [0.1, 0.15) is 10.4 Å². The summed E-state index contributed by atoms with van der Waals surface area (Å²) in [5, 5.41) is 11.4. The first-order chi connectivity index (χ1) is 9.95. The van der Waals surface area contributed by atoms with E-state index in [9.17, 15) is 14.0 Å². The van der Waals surface area contributed by atoms with E-state index in [1.54, 1.807) is 4.90 Å². The Balaban J connectivity index is 2.41. The molecule has 0 spiro atoms. The van der Waals surface area contributed by atoms with Crippen LogP contribution in [-0.4, -0.2) is 49.8 Å². The number of hydrogen-bond donors (Lipinski definition) is 3. The molecule has 1 amide bonds. The highest BCUT2D eigenvalue weighted by Crippen LogP contribution is 2.29. The molecule has 114 valence electrons. The Morgan fingerprint density at radius 3 is 2.86 bits per heavy atom. The number of amides is 1. The minimum Gasteiger partial charge on any atom is -0.478 e. The van der Waals surface area contributed by atoms with Crippen molar-refractivity contribution in [2.24, 2.45) is 0 Å². The molecule has 1 saturated heterocycles. The van der Waals surface area contributed by atoms with E-state index in [-0.39, 0.29) is 23.9 Å². The summed E-state index contributed by atoms with van der Waals surface area (Å²) in [4.78, 5) is 24.4. The summed E-state index contributed by atoms with van der Waals surface area (Å²) >= 11 is 0. The monoisotopic (exact) mass is 297 g/mol. The molecule has 1 aromatic rings. The minimum absolute atomic E-state index is 0.101. The van der Waals surface area contributed by atoms with Gasteiger partial charge in [-0.2, -0.15) is 0 Å². The summed E-state index contributed by atoms with van der Waals surface area (Å²) in [5.41, 5.74) is 5.71. The molecule has 1 unspecified atom stereocenters. The number of rotatable bonds is 3. The van der Waals surface area contributed by atoms with Crippen LogP contribution >= 0.6 is 0 Å². The topological polar surface area (TPSA) is 105 Å². The normalized spacial score (nSPS) is 18.4. The molecule has 21 heavy (non-hydrogen) atoms. The third-order valence-corrected chi connectivity index (χ3v) is 3.33. The first-order valence-electron chi connectivity index (χ1n) is 6.34. The van der Waals surface area contributed by atoms with E-state index in [2.05, 4.69) is 5.32 Å². The van der Waals surface area contributed by atoms with E-state index in [0.717, 1.165) is 12.1 Å². The number of halogens is 1. The van der Waals surface area contributed by atoms with E-state index in [1.807, 2.05) is 0 Å². The number of likely N-dealkylation sites (N-methyl/N-ethyl adjacent to an activating group) is 1. The maximum Gasteiger partial charge on any atom is 0.338 e. The minimum atomic E-state index is -1.39. The SMILES string of the molecule is CNC(=O)C1COCCN1c1cc(F)c(C(=O)O)cc1N. The summed E-state index contributed by atoms with van der Waals surface area (Å²) in [6, 6.07) is 1.46. The fourth-order valence-electron chi connectivity index (χ4n) is 2.27. The molecule has 4 N–H and O–H groups in total. The second-order valence-electron chi connectivity index (χ2n) is 4.59. The number of aromatic carboxylic acids is 1. The molecule has 0 aliphatic carbocycles. The van der Waals surface area contributed by atoms with Crippen LogP contribution in [0.4, 0.5) is 15.8 Å². The van der Waals surface area contributed by atoms with Crippen LogP contribution in [-0.2, 0) is 9.53 Å². The van der Waals surface area contributed by atoms with Gasteiger partial charge in [0.15, 0.2) is 0 Å². The number of morpholine rings is 1. The Morgan fingerprint density at radius 2 is 2.24 bits per heavy atom. The molecule has 0 aromatic heterocycles. The average molecular weight is 297 g/mol. The van der Waals surface area contributed by atoms with Gasteiger partial charge in [-0.3, -0.25) is 4.79 Å². The predicted molar refractivity (Wildman–Crippen MR) is 73.8 cm³/mol. The Hall–Kier alpha value is -2.35. The highest BCUT2D eigenvalue weighted by atomic mass is 19.1. The number of hydrogen-bond acceptors (Lipinski definition) is 5. The zero-order chi connectivity index (χ0) is 15.6. The predicted octanol–water partition coefficient (Wildman–Crippen LogP) is 0.0573. The molecule has 2 rings (SSSR count). The van der Waals surface area contributed by atoms with E-state index in [0.29, 0.717) is 13.2 Å². The fourth-order valence-corrected chi connectivity index (χ4v) is 2.27. The highest BCUT2D eigenvalue weighted by Gasteiger charge is 2.31. The van der Waals surface area contributed by atoms with Crippen molar-refractivity contribution in [3.05, 3.63) is 23.5 Å². The number of carbonyl (C=O) groups excluding carboxylic acids is 1. The first kappa shape index (κ1) is 15.0. The molecule has 1 heterocycles. The van der Waals surface area contributed by atoms with Gasteiger partial charge >= 0.3 is 5.97 Å². The van der Waals surface area contributed by atoms with E-state index in [1.165, 1.54) is 7.05 Å². The van der Waals surface area contributed by atoms with Gasteiger partial charge in [-0.1, -0.05) is 0 Å². The summed E-state index contributed by atoms with van der Waals surface area (Å²) in [6.07, 6.45) is 0. The van der Waals surface area contributed by atoms with Gasteiger partial charge in [-0.15, -0.1) is 0 Å². The van der Waals surface area contributed by atoms with Crippen molar-refractivity contribution in [2.75, 3.05) is 37.4 Å². The average Bonchev–Trinajstić information content (AvgIpc) is 2.48. The van der Waals surface area contributed by atoms with Crippen LogP contribution in [0.3, 0.4) is 0 Å². The summed E-state index contributed by atoms with van der Waals surface area (Å²) < 4.78 is 19.1. The molecule has 1 atom stereocenters. The van der Waals surface area contributed by atoms with Crippen LogP contribution in [0.5, 0.6) is 0 Å². The molecule has 1 fully saturated rings. The van der Waals surface area contributed by atoms with Crippen molar-refractivity contribution < 1.29 is 23.8 Å². The number of anilines is 2. The molecule has 0 radical (unpaired) electrons. The van der Waals surface area contributed by atoms with Crippen molar-refractivity contribution in [1.29, 1.82) is 0 Å². The van der Waals surface area contributed by atoms with Gasteiger partial charge in [-0.25, -0.2) is 9.18 Å². The van der Waals surface area contributed by atoms with E-state index in [4.69, 9.17) is 15.6 Å². The van der Waals surface area contributed by atoms with Crippen molar-refractivity contribution >= 4 is 23.3 Å². The third-order valence-electron chi connectivity index (χ3n) is 3.33. The molecular formula is C13H16FN3O4. The molecule has 8 heteroatoms. The second kappa shape index (κ2) is 5.96. The van der Waals surface area contributed by atoms with Crippen LogP contribution in [0.2, 0.25) is 0 Å². The molecule has 1 aromatic carbocycles. The Morgan fingerprint density at radius 1 is 1.52 bits per heavy atom. The molecule has 1 aliphatic rings. The smallest absolute Gasteiger partial charge is 0.338 e. The zero-order valence-electron chi connectivity index (χ0n) is 11.4. The Kier molecular flexibility index (Phi) is 4.27. The van der Waals surface area contributed by atoms with Gasteiger partial charge in [0.1, 0.15) is 11.9 Å². The number of nitrogens with one attached hydrogen (secondary N) is 1. The van der Waals surface area contributed by atoms with Gasteiger partial charge < -0.3 is 25.8 Å². The molecular weight excluding hydrogens is 281 g/mol. The van der Waals surface area contributed by atoms with E-state index >= 15 is 0 Å². The number of carboxylic acid groups (broad SMARTS) is 1. The van der Waals surface area contributed by atoms with Gasteiger partial charge in [0, 0.05) is 19.7 Å². The van der Waals surface area contributed by atoms with Gasteiger partial charge in [0.05, 0.1) is 30.2 Å². The Labute approximate surface area is 120 Å². The van der Waals surface area contributed by atoms with Gasteiger partial charge in [0.25, 0.3) is 0 Å². The second-order valence-corrected chi connectivity index (χ2v) is 4.59. The molecule has 7 nitrogen and oxygen atoms in total. The lowest BCUT2D eigenvalue weighted by Crippen LogP contribution is -2.53. The van der Waals surface area contributed by atoms with E-state index < -0.39 is 23.4 Å². The Bertz CT molecular complexity index is 579. The number of nitrogens with zero attached hydrogens (tertiary/aromatic N) is 1.